The van der Waals surface area contributed by atoms with E-state index in [2.05, 4.69) is 4.90 Å². The molecule has 2 bridgehead atoms. The van der Waals surface area contributed by atoms with Crippen LogP contribution in [0, 0.1) is 0 Å². The van der Waals surface area contributed by atoms with Gasteiger partial charge in [-0.2, -0.15) is 0 Å². The molecule has 0 saturated carbocycles. The van der Waals surface area contributed by atoms with Crippen LogP contribution >= 0.6 is 0 Å². The van der Waals surface area contributed by atoms with Gasteiger partial charge in [-0.25, -0.2) is 0 Å². The third kappa shape index (κ3) is 4.50. The number of benzene rings is 1. The second-order valence-electron chi connectivity index (χ2n) is 5.73. The average molecular weight is 432 g/mol. The Morgan fingerprint density at radius 2 is 1.60 bits per heavy atom. The van der Waals surface area contributed by atoms with E-state index in [0.717, 1.165) is 25.2 Å². The molecule has 0 radical (unpaired) electrons. The molecule has 25 heavy (non-hydrogen) atoms. The van der Waals surface area contributed by atoms with Crippen LogP contribution in [-0.2, 0) is 28.0 Å². The molecular weight excluding hydrogens is 407 g/mol. The van der Waals surface area contributed by atoms with Crippen molar-refractivity contribution in [1.82, 2.24) is 4.90 Å². The first-order chi connectivity index (χ1) is 12.1. The Labute approximate surface area is 153 Å². The second kappa shape index (κ2) is 8.57. The SMILES string of the molecule is CO[Si](OC)(OC)[O][Ge]12[O]CCN(CC[O]1)CC(c1ccccc1)[O]2. The molecule has 0 aliphatic carbocycles. The van der Waals surface area contributed by atoms with Gasteiger partial charge in [-0.15, -0.1) is 0 Å². The number of hydrogen-bond donors (Lipinski definition) is 0. The Morgan fingerprint density at radius 1 is 1.00 bits per heavy atom. The van der Waals surface area contributed by atoms with E-state index < -0.39 is 23.7 Å². The van der Waals surface area contributed by atoms with Crippen LogP contribution in [0.3, 0.4) is 0 Å². The molecule has 0 N–H and O–H groups in total. The molecule has 1 atom stereocenters. The van der Waals surface area contributed by atoms with Gasteiger partial charge in [-0.05, 0) is 0 Å². The van der Waals surface area contributed by atoms with Gasteiger partial charge in [0.1, 0.15) is 0 Å². The summed E-state index contributed by atoms with van der Waals surface area (Å²) in [6.07, 6.45) is -0.209. The first-order valence-corrected chi connectivity index (χ1v) is 13.3. The first-order valence-electron chi connectivity index (χ1n) is 8.23. The van der Waals surface area contributed by atoms with Crippen molar-refractivity contribution in [2.75, 3.05) is 54.2 Å². The monoisotopic (exact) mass is 433 g/mol. The zero-order chi connectivity index (χ0) is 17.8. The average Bonchev–Trinajstić information content (AvgIpc) is 2.61. The van der Waals surface area contributed by atoms with Crippen molar-refractivity contribution < 1.29 is 28.0 Å². The summed E-state index contributed by atoms with van der Waals surface area (Å²) in [5.41, 5.74) is 1.06. The van der Waals surface area contributed by atoms with Gasteiger partial charge in [-0.3, -0.25) is 0 Å². The number of fused-ring (bicyclic) bond motifs is 6. The molecule has 140 valence electrons. The van der Waals surface area contributed by atoms with Crippen LogP contribution in [0.25, 0.3) is 0 Å². The zero-order valence-corrected chi connectivity index (χ0v) is 17.9. The van der Waals surface area contributed by atoms with E-state index in [1.54, 1.807) is 0 Å². The summed E-state index contributed by atoms with van der Waals surface area (Å²) in [7, 11) is 1.09. The van der Waals surface area contributed by atoms with E-state index in [9.17, 15) is 0 Å². The van der Waals surface area contributed by atoms with E-state index >= 15 is 0 Å². The molecule has 1 aromatic rings. The van der Waals surface area contributed by atoms with E-state index in [0.29, 0.717) is 13.2 Å². The van der Waals surface area contributed by atoms with E-state index in [1.165, 1.54) is 21.3 Å². The van der Waals surface area contributed by atoms with Gasteiger partial charge in [0.2, 0.25) is 0 Å². The Kier molecular flexibility index (Phi) is 6.65. The summed E-state index contributed by atoms with van der Waals surface area (Å²) in [6.45, 7) is 3.31. The van der Waals surface area contributed by atoms with Gasteiger partial charge >= 0.3 is 153 Å². The minimum absolute atomic E-state index is 0.209. The van der Waals surface area contributed by atoms with Crippen LogP contribution in [0.4, 0.5) is 0 Å². The Morgan fingerprint density at radius 3 is 2.16 bits per heavy atom. The van der Waals surface area contributed by atoms with Crippen molar-refractivity contribution in [3.05, 3.63) is 35.9 Å². The third-order valence-corrected chi connectivity index (χ3v) is 12.9. The van der Waals surface area contributed by atoms with E-state index in [4.69, 9.17) is 28.0 Å². The van der Waals surface area contributed by atoms with Gasteiger partial charge in [0.05, 0.1) is 0 Å². The number of nitrogens with zero attached hydrogens (tertiary/aromatic N) is 1. The van der Waals surface area contributed by atoms with Crippen molar-refractivity contribution >= 4 is 23.7 Å². The third-order valence-electron chi connectivity index (χ3n) is 4.25. The molecule has 0 amide bonds. The predicted molar refractivity (Wildman–Crippen MR) is 92.2 cm³/mol. The predicted octanol–water partition coefficient (Wildman–Crippen LogP) is 0.934. The Balaban J connectivity index is 1.90. The van der Waals surface area contributed by atoms with E-state index in [1.807, 2.05) is 30.3 Å². The maximum atomic E-state index is 6.37. The molecule has 4 rings (SSSR count). The molecule has 3 fully saturated rings. The standard InChI is InChI=1S/C15H25GeNO7Si/c1-18-25(19-2,20-3)24-16-21-11-9-17(10-12-22-16)13-15(23-16)14-7-5-4-6-8-14/h4-8,15H,9-13H2,1-3H3. The topological polar surface area (TPSA) is 67.9 Å². The van der Waals surface area contributed by atoms with E-state index in [-0.39, 0.29) is 6.10 Å². The van der Waals surface area contributed by atoms with Crippen molar-refractivity contribution in [2.24, 2.45) is 0 Å². The molecule has 3 saturated heterocycles. The van der Waals surface area contributed by atoms with Gasteiger partial charge in [0.25, 0.3) is 0 Å². The molecule has 1 unspecified atom stereocenters. The van der Waals surface area contributed by atoms with Gasteiger partial charge in [0, 0.05) is 0 Å². The summed E-state index contributed by atoms with van der Waals surface area (Å²) < 4.78 is 40.8. The fourth-order valence-electron chi connectivity index (χ4n) is 2.90. The van der Waals surface area contributed by atoms with Crippen molar-refractivity contribution in [3.63, 3.8) is 0 Å². The molecule has 10 heteroatoms. The maximum absolute atomic E-state index is 6.37. The van der Waals surface area contributed by atoms with Crippen molar-refractivity contribution in [3.8, 4) is 0 Å². The molecular formula is C15H25GeNO7Si. The van der Waals surface area contributed by atoms with Crippen LogP contribution in [-0.4, -0.2) is 82.7 Å². The summed E-state index contributed by atoms with van der Waals surface area (Å²) >= 11 is -4.13. The van der Waals surface area contributed by atoms with Crippen molar-refractivity contribution in [1.29, 1.82) is 0 Å². The molecule has 0 spiro atoms. The summed E-state index contributed by atoms with van der Waals surface area (Å²) in [5.74, 6) is 0. The fraction of sp³-hybridized carbons (Fsp3) is 0.600. The van der Waals surface area contributed by atoms with Crippen LogP contribution in [0.5, 0.6) is 0 Å². The minimum atomic E-state index is -4.13. The summed E-state index contributed by atoms with van der Waals surface area (Å²) in [5, 5.41) is 0. The summed E-state index contributed by atoms with van der Waals surface area (Å²) in [6, 6.07) is 10.0. The Bertz CT molecular complexity index is 530. The molecule has 3 aliphatic rings. The molecule has 3 aliphatic heterocycles. The second-order valence-corrected chi connectivity index (χ2v) is 13.2. The first kappa shape index (κ1) is 19.4. The fourth-order valence-corrected chi connectivity index (χ4v) is 11.7. The molecule has 8 nitrogen and oxygen atoms in total. The van der Waals surface area contributed by atoms with Crippen molar-refractivity contribution in [2.45, 2.75) is 6.10 Å². The zero-order valence-electron chi connectivity index (χ0n) is 14.8. The van der Waals surface area contributed by atoms with Gasteiger partial charge in [-0.1, -0.05) is 0 Å². The number of rotatable bonds is 6. The molecule has 3 heterocycles. The van der Waals surface area contributed by atoms with Gasteiger partial charge < -0.3 is 0 Å². The van der Waals surface area contributed by atoms with Crippen LogP contribution < -0.4 is 0 Å². The summed E-state index contributed by atoms with van der Waals surface area (Å²) in [4.78, 5) is 2.27. The van der Waals surface area contributed by atoms with Crippen LogP contribution in [0.2, 0.25) is 0 Å². The normalized spacial score (nSPS) is 30.5. The Hall–Kier alpha value is -0.340. The quantitative estimate of drug-likeness (QED) is 0.616. The number of hydrogen-bond acceptors (Lipinski definition) is 8. The van der Waals surface area contributed by atoms with Crippen LogP contribution in [0.1, 0.15) is 11.7 Å². The molecule has 0 aromatic heterocycles. The van der Waals surface area contributed by atoms with Gasteiger partial charge in [0.15, 0.2) is 0 Å². The van der Waals surface area contributed by atoms with Crippen LogP contribution in [0.15, 0.2) is 30.3 Å². The molecule has 1 aromatic carbocycles.